The van der Waals surface area contributed by atoms with E-state index in [-0.39, 0.29) is 29.0 Å². The van der Waals surface area contributed by atoms with Crippen LogP contribution in [0, 0.1) is 5.82 Å². The summed E-state index contributed by atoms with van der Waals surface area (Å²) in [4.78, 5) is 19.8. The van der Waals surface area contributed by atoms with Crippen molar-refractivity contribution in [2.45, 2.75) is 0 Å². The Hall–Kier alpha value is -3.44. The Morgan fingerprint density at radius 1 is 1.06 bits per heavy atom. The Morgan fingerprint density at radius 2 is 1.77 bits per heavy atom. The number of carbonyl (C=O) groups is 1. The molecule has 0 saturated carbocycles. The zero-order chi connectivity index (χ0) is 22.6. The Labute approximate surface area is 183 Å². The van der Waals surface area contributed by atoms with Crippen molar-refractivity contribution in [1.82, 2.24) is 15.3 Å². The minimum absolute atomic E-state index is 0.00779. The van der Waals surface area contributed by atoms with Gasteiger partial charge in [-0.05, 0) is 30.3 Å². The first-order chi connectivity index (χ1) is 14.7. The number of hydrogen-bond acceptors (Lipinski definition) is 7. The number of halogens is 2. The first-order valence-corrected chi connectivity index (χ1v) is 11.1. The number of para-hydroxylation sites is 2. The fraction of sp³-hybridized carbons (Fsp3) is 0.105. The number of aromatic nitrogens is 2. The maximum atomic E-state index is 14.3. The van der Waals surface area contributed by atoms with Gasteiger partial charge in [0.2, 0.25) is 16.0 Å². The fourth-order valence-electron chi connectivity index (χ4n) is 2.55. The molecular formula is C19H18ClFN6O3S. The highest BCUT2D eigenvalue weighted by molar-refractivity contribution is 7.92. The van der Waals surface area contributed by atoms with E-state index in [4.69, 9.17) is 11.6 Å². The fourth-order valence-corrected chi connectivity index (χ4v) is 3.29. The number of anilines is 5. The van der Waals surface area contributed by atoms with E-state index >= 15 is 0 Å². The third-order valence-electron chi connectivity index (χ3n) is 3.92. The van der Waals surface area contributed by atoms with Gasteiger partial charge in [0.25, 0.3) is 5.91 Å². The molecule has 162 valence electrons. The summed E-state index contributed by atoms with van der Waals surface area (Å²) in [6, 6.07) is 11.0. The van der Waals surface area contributed by atoms with Crippen molar-refractivity contribution in [3.63, 3.8) is 0 Å². The number of hydrogen-bond donors (Lipinski definition) is 4. The predicted molar refractivity (Wildman–Crippen MR) is 118 cm³/mol. The van der Waals surface area contributed by atoms with E-state index < -0.39 is 15.8 Å². The first kappa shape index (κ1) is 22.2. The molecule has 0 atom stereocenters. The third-order valence-corrected chi connectivity index (χ3v) is 4.84. The quantitative estimate of drug-likeness (QED) is 0.421. The lowest BCUT2D eigenvalue weighted by atomic mass is 10.2. The molecule has 1 amide bonds. The molecule has 12 heteroatoms. The zero-order valence-electron chi connectivity index (χ0n) is 16.4. The summed E-state index contributed by atoms with van der Waals surface area (Å²) in [5.41, 5.74) is 1.21. The number of rotatable bonds is 7. The van der Waals surface area contributed by atoms with Crippen LogP contribution in [-0.4, -0.2) is 37.6 Å². The maximum absolute atomic E-state index is 14.3. The number of nitrogens with zero attached hydrogens (tertiary/aromatic N) is 2. The van der Waals surface area contributed by atoms with E-state index in [1.165, 1.54) is 25.2 Å². The molecule has 2 aromatic carbocycles. The number of carbonyl (C=O) groups excluding carboxylic acids is 1. The molecule has 0 radical (unpaired) electrons. The molecule has 0 spiro atoms. The SMILES string of the molecule is CNC(=O)c1ccc(Cl)c(Nc2ncc(F)c(Nc3ccccc3NS(C)(=O)=O)n2)c1. The summed E-state index contributed by atoms with van der Waals surface area (Å²) in [6.07, 6.45) is 1.95. The van der Waals surface area contributed by atoms with Crippen LogP contribution in [-0.2, 0) is 10.0 Å². The van der Waals surface area contributed by atoms with Gasteiger partial charge in [-0.3, -0.25) is 9.52 Å². The largest absolute Gasteiger partial charge is 0.355 e. The van der Waals surface area contributed by atoms with Gasteiger partial charge in [0, 0.05) is 12.6 Å². The minimum Gasteiger partial charge on any atom is -0.355 e. The smallest absolute Gasteiger partial charge is 0.251 e. The number of amides is 1. The highest BCUT2D eigenvalue weighted by Crippen LogP contribution is 2.29. The highest BCUT2D eigenvalue weighted by atomic mass is 35.5. The van der Waals surface area contributed by atoms with Crippen molar-refractivity contribution in [3.8, 4) is 0 Å². The van der Waals surface area contributed by atoms with Gasteiger partial charge in [0.05, 0.1) is 34.5 Å². The molecule has 0 aliphatic rings. The number of sulfonamides is 1. The van der Waals surface area contributed by atoms with Crippen molar-refractivity contribution in [2.75, 3.05) is 28.7 Å². The van der Waals surface area contributed by atoms with E-state index in [1.54, 1.807) is 24.3 Å². The molecular weight excluding hydrogens is 447 g/mol. The molecule has 9 nitrogen and oxygen atoms in total. The normalized spacial score (nSPS) is 11.0. The van der Waals surface area contributed by atoms with Gasteiger partial charge in [-0.2, -0.15) is 4.98 Å². The van der Waals surface area contributed by atoms with Crippen LogP contribution in [0.15, 0.2) is 48.7 Å². The summed E-state index contributed by atoms with van der Waals surface area (Å²) < 4.78 is 39.8. The summed E-state index contributed by atoms with van der Waals surface area (Å²) in [5.74, 6) is -1.26. The molecule has 1 heterocycles. The van der Waals surface area contributed by atoms with Crippen LogP contribution in [0.2, 0.25) is 5.02 Å². The lowest BCUT2D eigenvalue weighted by molar-refractivity contribution is 0.0963. The molecule has 0 bridgehead atoms. The second-order valence-electron chi connectivity index (χ2n) is 6.33. The molecule has 4 N–H and O–H groups in total. The van der Waals surface area contributed by atoms with E-state index in [0.717, 1.165) is 12.5 Å². The average Bonchev–Trinajstić information content (AvgIpc) is 2.72. The van der Waals surface area contributed by atoms with Gasteiger partial charge < -0.3 is 16.0 Å². The van der Waals surface area contributed by atoms with Gasteiger partial charge in [-0.1, -0.05) is 23.7 Å². The van der Waals surface area contributed by atoms with E-state index in [2.05, 4.69) is 30.6 Å². The summed E-state index contributed by atoms with van der Waals surface area (Å²) in [7, 11) is -2.04. The van der Waals surface area contributed by atoms with E-state index in [9.17, 15) is 17.6 Å². The average molecular weight is 465 g/mol. The Morgan fingerprint density at radius 3 is 2.45 bits per heavy atom. The zero-order valence-corrected chi connectivity index (χ0v) is 18.0. The topological polar surface area (TPSA) is 125 Å². The summed E-state index contributed by atoms with van der Waals surface area (Å²) in [6.45, 7) is 0. The van der Waals surface area contributed by atoms with Crippen molar-refractivity contribution in [1.29, 1.82) is 0 Å². The minimum atomic E-state index is -3.55. The van der Waals surface area contributed by atoms with Gasteiger partial charge >= 0.3 is 0 Å². The summed E-state index contributed by atoms with van der Waals surface area (Å²) >= 11 is 6.17. The monoisotopic (exact) mass is 464 g/mol. The van der Waals surface area contributed by atoms with Crippen molar-refractivity contribution >= 4 is 56.4 Å². The van der Waals surface area contributed by atoms with Crippen LogP contribution >= 0.6 is 11.6 Å². The molecule has 3 rings (SSSR count). The Kier molecular flexibility index (Phi) is 6.56. The van der Waals surface area contributed by atoms with Crippen molar-refractivity contribution < 1.29 is 17.6 Å². The predicted octanol–water partition coefficient (Wildman–Crippen LogP) is 3.49. The molecule has 0 saturated heterocycles. The molecule has 0 aliphatic carbocycles. The van der Waals surface area contributed by atoms with Crippen molar-refractivity contribution in [2.24, 2.45) is 0 Å². The van der Waals surface area contributed by atoms with Crippen LogP contribution in [0.5, 0.6) is 0 Å². The Bertz CT molecular complexity index is 1240. The van der Waals surface area contributed by atoms with Gasteiger partial charge in [0.15, 0.2) is 11.6 Å². The van der Waals surface area contributed by atoms with Gasteiger partial charge in [0.1, 0.15) is 0 Å². The molecule has 3 aromatic rings. The first-order valence-electron chi connectivity index (χ1n) is 8.81. The molecule has 1 aromatic heterocycles. The molecule has 0 aliphatic heterocycles. The molecule has 0 fully saturated rings. The van der Waals surface area contributed by atoms with Gasteiger partial charge in [-0.25, -0.2) is 17.8 Å². The third kappa shape index (κ3) is 5.80. The number of benzene rings is 2. The highest BCUT2D eigenvalue weighted by Gasteiger charge is 2.13. The van der Waals surface area contributed by atoms with Crippen LogP contribution in [0.25, 0.3) is 0 Å². The standard InChI is InChI=1S/C19H18ClFN6O3S/c1-22-18(28)11-7-8-12(20)16(9-11)25-19-23-10-13(21)17(26-19)24-14-5-3-4-6-15(14)27-31(2,29)30/h3-10,27H,1-2H3,(H,22,28)(H2,23,24,25,26). The molecule has 0 unspecified atom stereocenters. The summed E-state index contributed by atoms with van der Waals surface area (Å²) in [5, 5.41) is 8.41. The second kappa shape index (κ2) is 9.14. The van der Waals surface area contributed by atoms with Crippen LogP contribution in [0.4, 0.5) is 33.2 Å². The lowest BCUT2D eigenvalue weighted by Gasteiger charge is -2.14. The lowest BCUT2D eigenvalue weighted by Crippen LogP contribution is -2.17. The maximum Gasteiger partial charge on any atom is 0.251 e. The second-order valence-corrected chi connectivity index (χ2v) is 8.49. The van der Waals surface area contributed by atoms with Gasteiger partial charge in [-0.15, -0.1) is 0 Å². The van der Waals surface area contributed by atoms with Crippen molar-refractivity contribution in [3.05, 3.63) is 65.1 Å². The van der Waals surface area contributed by atoms with Crippen LogP contribution in [0.3, 0.4) is 0 Å². The Balaban J connectivity index is 1.90. The number of nitrogens with one attached hydrogen (secondary N) is 4. The molecule has 31 heavy (non-hydrogen) atoms. The van der Waals surface area contributed by atoms with Crippen LogP contribution in [0.1, 0.15) is 10.4 Å². The van der Waals surface area contributed by atoms with E-state index in [0.29, 0.717) is 16.3 Å². The van der Waals surface area contributed by atoms with E-state index in [1.807, 2.05) is 0 Å². The van der Waals surface area contributed by atoms with Crippen LogP contribution < -0.4 is 20.7 Å².